The fraction of sp³-hybridized carbons (Fsp3) is 0.900. The SMILES string of the molecule is C=C(CC[C@H](C)[C@H]1CC[C@H]2[C@@H]3C[C@@H](O)[C@@]4(O)C[C@@H](O)CC[C@]4(COC(C)=O)[C@H]3CC[C@]12C)C(C)C. The van der Waals surface area contributed by atoms with Crippen LogP contribution in [0.5, 0.6) is 0 Å². The standard InChI is InChI=1S/C30H50O5/c1-18(2)19(3)7-8-20(4)24-9-10-25-23-15-27(33)30(34)16-22(32)11-14-29(30,17-35-21(5)31)26(23)12-13-28(24,25)6/h18,20,22-27,32-34H,3,7-17H2,1-2,4-6H3/t20-,22-,23-,24+,25-,26-,27+,28+,29-,30-/m0/s1. The van der Waals surface area contributed by atoms with Crippen molar-refractivity contribution in [3.63, 3.8) is 0 Å². The molecule has 0 aromatic heterocycles. The number of hydrogen-bond donors (Lipinski definition) is 3. The summed E-state index contributed by atoms with van der Waals surface area (Å²) in [7, 11) is 0. The summed E-state index contributed by atoms with van der Waals surface area (Å²) < 4.78 is 5.61. The molecule has 0 aromatic rings. The van der Waals surface area contributed by atoms with E-state index in [0.29, 0.717) is 48.9 Å². The van der Waals surface area contributed by atoms with E-state index in [4.69, 9.17) is 4.74 Å². The fourth-order valence-electron chi connectivity index (χ4n) is 9.45. The third kappa shape index (κ3) is 4.42. The largest absolute Gasteiger partial charge is 0.465 e. The minimum atomic E-state index is -1.41. The highest BCUT2D eigenvalue weighted by molar-refractivity contribution is 5.66. The Morgan fingerprint density at radius 1 is 1.09 bits per heavy atom. The summed E-state index contributed by atoms with van der Waals surface area (Å²) in [6, 6.07) is 0. The molecule has 0 spiro atoms. The van der Waals surface area contributed by atoms with Crippen LogP contribution in [0.25, 0.3) is 0 Å². The molecule has 0 amide bonds. The quantitative estimate of drug-likeness (QED) is 0.335. The number of rotatable bonds is 7. The highest BCUT2D eigenvalue weighted by Crippen LogP contribution is 2.69. The van der Waals surface area contributed by atoms with Gasteiger partial charge in [-0.3, -0.25) is 4.79 Å². The number of aliphatic hydroxyl groups excluding tert-OH is 2. The Morgan fingerprint density at radius 3 is 2.46 bits per heavy atom. The van der Waals surface area contributed by atoms with Gasteiger partial charge >= 0.3 is 5.97 Å². The van der Waals surface area contributed by atoms with E-state index in [2.05, 4.69) is 34.3 Å². The van der Waals surface area contributed by atoms with E-state index in [1.807, 2.05) is 0 Å². The number of carbonyl (C=O) groups excluding carboxylic acids is 1. The van der Waals surface area contributed by atoms with E-state index < -0.39 is 23.2 Å². The average Bonchev–Trinajstić information content (AvgIpc) is 3.14. The maximum absolute atomic E-state index is 11.9. The monoisotopic (exact) mass is 490 g/mol. The lowest BCUT2D eigenvalue weighted by Crippen LogP contribution is -2.71. The Bertz CT molecular complexity index is 809. The Morgan fingerprint density at radius 2 is 1.80 bits per heavy atom. The van der Waals surface area contributed by atoms with Gasteiger partial charge in [0.15, 0.2) is 0 Å². The van der Waals surface area contributed by atoms with Gasteiger partial charge in [-0.2, -0.15) is 0 Å². The number of allylic oxidation sites excluding steroid dienone is 1. The molecule has 4 rings (SSSR count). The molecule has 0 heterocycles. The van der Waals surface area contributed by atoms with Gasteiger partial charge in [-0.1, -0.05) is 39.8 Å². The first-order valence-electron chi connectivity index (χ1n) is 14.2. The van der Waals surface area contributed by atoms with E-state index >= 15 is 0 Å². The van der Waals surface area contributed by atoms with Gasteiger partial charge in [-0.15, -0.1) is 0 Å². The van der Waals surface area contributed by atoms with Crippen molar-refractivity contribution in [2.24, 2.45) is 46.3 Å². The van der Waals surface area contributed by atoms with Gasteiger partial charge in [-0.05, 0) is 98.7 Å². The molecule has 0 aromatic carbocycles. The molecular formula is C30H50O5. The summed E-state index contributed by atoms with van der Waals surface area (Å²) >= 11 is 0. The minimum absolute atomic E-state index is 0.143. The number of ether oxygens (including phenoxy) is 1. The second-order valence-corrected chi connectivity index (χ2v) is 13.4. The van der Waals surface area contributed by atoms with Crippen molar-refractivity contribution in [3.05, 3.63) is 12.2 Å². The van der Waals surface area contributed by atoms with Crippen LogP contribution in [0.3, 0.4) is 0 Å². The molecule has 10 atom stereocenters. The number of esters is 1. The van der Waals surface area contributed by atoms with Gasteiger partial charge in [0.1, 0.15) is 12.2 Å². The minimum Gasteiger partial charge on any atom is -0.465 e. The molecule has 0 saturated heterocycles. The van der Waals surface area contributed by atoms with Crippen molar-refractivity contribution in [2.75, 3.05) is 6.61 Å². The molecule has 5 nitrogen and oxygen atoms in total. The van der Waals surface area contributed by atoms with Crippen molar-refractivity contribution >= 4 is 5.97 Å². The lowest BCUT2D eigenvalue weighted by molar-refractivity contribution is -0.282. The molecule has 0 aliphatic heterocycles. The predicted octanol–water partition coefficient (Wildman–Crippen LogP) is 5.26. The van der Waals surface area contributed by atoms with Crippen LogP contribution in [-0.4, -0.2) is 45.7 Å². The maximum Gasteiger partial charge on any atom is 0.302 e. The maximum atomic E-state index is 11.9. The van der Waals surface area contributed by atoms with Crippen molar-refractivity contribution in [2.45, 2.75) is 117 Å². The zero-order chi connectivity index (χ0) is 25.8. The van der Waals surface area contributed by atoms with Crippen molar-refractivity contribution in [3.8, 4) is 0 Å². The van der Waals surface area contributed by atoms with Crippen LogP contribution in [0.4, 0.5) is 0 Å². The smallest absolute Gasteiger partial charge is 0.302 e. The Kier molecular flexibility index (Phi) is 7.57. The zero-order valence-corrected chi connectivity index (χ0v) is 22.8. The average molecular weight is 491 g/mol. The van der Waals surface area contributed by atoms with E-state index in [0.717, 1.165) is 19.3 Å². The number of aliphatic hydroxyl groups is 3. The van der Waals surface area contributed by atoms with Gasteiger partial charge in [0.2, 0.25) is 0 Å². The summed E-state index contributed by atoms with van der Waals surface area (Å²) in [5, 5.41) is 33.8. The molecule has 4 saturated carbocycles. The predicted molar refractivity (Wildman–Crippen MR) is 137 cm³/mol. The summed E-state index contributed by atoms with van der Waals surface area (Å²) in [4.78, 5) is 11.8. The molecular weight excluding hydrogens is 440 g/mol. The molecule has 0 bridgehead atoms. The van der Waals surface area contributed by atoms with Gasteiger partial charge in [0.05, 0.1) is 12.2 Å². The van der Waals surface area contributed by atoms with Gasteiger partial charge in [-0.25, -0.2) is 0 Å². The second-order valence-electron chi connectivity index (χ2n) is 13.4. The molecule has 4 aliphatic rings. The summed E-state index contributed by atoms with van der Waals surface area (Å²) in [5.41, 5.74) is -0.495. The Labute approximate surface area is 212 Å². The van der Waals surface area contributed by atoms with Crippen LogP contribution in [-0.2, 0) is 9.53 Å². The second kappa shape index (κ2) is 9.76. The molecule has 3 N–H and O–H groups in total. The van der Waals surface area contributed by atoms with Crippen LogP contribution >= 0.6 is 0 Å². The lowest BCUT2D eigenvalue weighted by Gasteiger charge is -2.65. The number of carbonyl (C=O) groups is 1. The van der Waals surface area contributed by atoms with E-state index in [9.17, 15) is 20.1 Å². The molecule has 0 radical (unpaired) electrons. The molecule has 5 heteroatoms. The van der Waals surface area contributed by atoms with Crippen LogP contribution < -0.4 is 0 Å². The lowest BCUT2D eigenvalue weighted by atomic mass is 9.42. The van der Waals surface area contributed by atoms with E-state index in [1.54, 1.807) is 0 Å². The van der Waals surface area contributed by atoms with Gasteiger partial charge < -0.3 is 20.1 Å². The molecule has 0 unspecified atom stereocenters. The van der Waals surface area contributed by atoms with Crippen molar-refractivity contribution < 1.29 is 24.9 Å². The van der Waals surface area contributed by atoms with Gasteiger partial charge in [0, 0.05) is 18.8 Å². The summed E-state index contributed by atoms with van der Waals surface area (Å²) in [6.07, 6.45) is 7.21. The van der Waals surface area contributed by atoms with Crippen LogP contribution in [0.15, 0.2) is 12.2 Å². The topological polar surface area (TPSA) is 87.0 Å². The Balaban J connectivity index is 1.59. The highest BCUT2D eigenvalue weighted by Gasteiger charge is 2.69. The summed E-state index contributed by atoms with van der Waals surface area (Å²) in [6.45, 7) is 15.2. The molecule has 4 aliphatic carbocycles. The van der Waals surface area contributed by atoms with Crippen LogP contribution in [0, 0.1) is 46.3 Å². The number of hydrogen-bond acceptors (Lipinski definition) is 5. The highest BCUT2D eigenvalue weighted by atomic mass is 16.5. The van der Waals surface area contributed by atoms with E-state index in [-0.39, 0.29) is 30.3 Å². The first-order valence-corrected chi connectivity index (χ1v) is 14.2. The molecule has 35 heavy (non-hydrogen) atoms. The third-order valence-corrected chi connectivity index (χ3v) is 11.6. The van der Waals surface area contributed by atoms with Crippen molar-refractivity contribution in [1.29, 1.82) is 0 Å². The number of fused-ring (bicyclic) bond motifs is 5. The third-order valence-electron chi connectivity index (χ3n) is 11.6. The fourth-order valence-corrected chi connectivity index (χ4v) is 9.45. The zero-order valence-electron chi connectivity index (χ0n) is 22.8. The van der Waals surface area contributed by atoms with Gasteiger partial charge in [0.25, 0.3) is 0 Å². The first kappa shape index (κ1) is 27.1. The summed E-state index contributed by atoms with van der Waals surface area (Å²) in [5.74, 6) is 2.54. The van der Waals surface area contributed by atoms with Crippen LogP contribution in [0.2, 0.25) is 0 Å². The normalized spacial score (nSPS) is 45.9. The first-order chi connectivity index (χ1) is 16.4. The van der Waals surface area contributed by atoms with Crippen molar-refractivity contribution in [1.82, 2.24) is 0 Å². The Hall–Kier alpha value is -0.910. The van der Waals surface area contributed by atoms with Crippen LogP contribution in [0.1, 0.15) is 98.8 Å². The van der Waals surface area contributed by atoms with E-state index in [1.165, 1.54) is 31.8 Å². The molecule has 4 fully saturated rings. The molecule has 200 valence electrons.